The maximum atomic E-state index is 12.8. The number of halogens is 1. The van der Waals surface area contributed by atoms with Gasteiger partial charge >= 0.3 is 0 Å². The van der Waals surface area contributed by atoms with Crippen molar-refractivity contribution in [2.75, 3.05) is 13.2 Å². The van der Waals surface area contributed by atoms with Crippen molar-refractivity contribution in [1.82, 2.24) is 5.43 Å². The van der Waals surface area contributed by atoms with Gasteiger partial charge < -0.3 is 14.2 Å². The van der Waals surface area contributed by atoms with Crippen LogP contribution in [-0.4, -0.2) is 25.3 Å². The van der Waals surface area contributed by atoms with Gasteiger partial charge in [0.05, 0.1) is 25.0 Å². The van der Waals surface area contributed by atoms with Gasteiger partial charge in [0.15, 0.2) is 0 Å². The number of rotatable bonds is 12. The monoisotopic (exact) mass is 524 g/mol. The molecule has 0 saturated heterocycles. The SMILES string of the molecule is CCCOc1ccc(/C=N/NC(=O)c2ccccc2OCc2cccc(Br)c2)c(OCCC)c1. The summed E-state index contributed by atoms with van der Waals surface area (Å²) in [7, 11) is 0. The summed E-state index contributed by atoms with van der Waals surface area (Å²) in [6.07, 6.45) is 3.37. The Balaban J connectivity index is 1.67. The van der Waals surface area contributed by atoms with Crippen LogP contribution in [0.1, 0.15) is 48.2 Å². The molecule has 0 bridgehead atoms. The second-order valence-electron chi connectivity index (χ2n) is 7.51. The lowest BCUT2D eigenvalue weighted by Crippen LogP contribution is -2.18. The van der Waals surface area contributed by atoms with Crippen LogP contribution in [-0.2, 0) is 6.61 Å². The predicted octanol–water partition coefficient (Wildman–Crippen LogP) is 6.37. The number of carbonyl (C=O) groups excluding carboxylic acids is 1. The summed E-state index contributed by atoms with van der Waals surface area (Å²) >= 11 is 3.46. The lowest BCUT2D eigenvalue weighted by molar-refractivity contribution is 0.0950. The number of nitrogens with one attached hydrogen (secondary N) is 1. The molecule has 0 unspecified atom stereocenters. The van der Waals surface area contributed by atoms with E-state index in [1.807, 2.05) is 55.5 Å². The Morgan fingerprint density at radius 3 is 2.50 bits per heavy atom. The van der Waals surface area contributed by atoms with Crippen molar-refractivity contribution in [3.05, 3.63) is 87.9 Å². The third-order valence-corrected chi connectivity index (χ3v) is 5.20. The molecule has 3 rings (SSSR count). The first-order valence-corrected chi connectivity index (χ1v) is 12.1. The predicted molar refractivity (Wildman–Crippen MR) is 138 cm³/mol. The van der Waals surface area contributed by atoms with Gasteiger partial charge in [-0.3, -0.25) is 4.79 Å². The van der Waals surface area contributed by atoms with Gasteiger partial charge in [-0.1, -0.05) is 54.0 Å². The van der Waals surface area contributed by atoms with Crippen LogP contribution in [0.25, 0.3) is 0 Å². The van der Waals surface area contributed by atoms with E-state index in [9.17, 15) is 4.79 Å². The summed E-state index contributed by atoms with van der Waals surface area (Å²) in [5.74, 6) is 1.52. The number of amides is 1. The Bertz CT molecular complexity index is 1120. The van der Waals surface area contributed by atoms with Gasteiger partial charge in [-0.2, -0.15) is 5.10 Å². The van der Waals surface area contributed by atoms with E-state index in [4.69, 9.17) is 14.2 Å². The van der Waals surface area contributed by atoms with Crippen molar-refractivity contribution in [2.24, 2.45) is 5.10 Å². The molecular formula is C27H29BrN2O4. The fourth-order valence-corrected chi connectivity index (χ4v) is 3.50. The Hall–Kier alpha value is -3.32. The van der Waals surface area contributed by atoms with Gasteiger partial charge in [0.1, 0.15) is 23.9 Å². The maximum Gasteiger partial charge on any atom is 0.275 e. The molecule has 0 heterocycles. The van der Waals surface area contributed by atoms with E-state index in [1.54, 1.807) is 24.4 Å². The van der Waals surface area contributed by atoms with Crippen LogP contribution in [0, 0.1) is 0 Å². The Morgan fingerprint density at radius 2 is 1.71 bits per heavy atom. The molecule has 0 aliphatic rings. The number of benzene rings is 3. The Labute approximate surface area is 209 Å². The normalized spacial score (nSPS) is 10.8. The molecule has 1 amide bonds. The van der Waals surface area contributed by atoms with Crippen LogP contribution < -0.4 is 19.6 Å². The fourth-order valence-electron chi connectivity index (χ4n) is 3.06. The van der Waals surface area contributed by atoms with Crippen molar-refractivity contribution in [2.45, 2.75) is 33.3 Å². The molecule has 0 fully saturated rings. The van der Waals surface area contributed by atoms with E-state index in [1.165, 1.54) is 0 Å². The first-order valence-electron chi connectivity index (χ1n) is 11.3. The van der Waals surface area contributed by atoms with E-state index < -0.39 is 0 Å². The molecular weight excluding hydrogens is 496 g/mol. The number of carbonyl (C=O) groups is 1. The van der Waals surface area contributed by atoms with Crippen molar-refractivity contribution < 1.29 is 19.0 Å². The summed E-state index contributed by atoms with van der Waals surface area (Å²) < 4.78 is 18.4. The van der Waals surface area contributed by atoms with Gasteiger partial charge in [-0.25, -0.2) is 5.43 Å². The molecule has 178 valence electrons. The van der Waals surface area contributed by atoms with E-state index in [2.05, 4.69) is 33.4 Å². The molecule has 0 aliphatic heterocycles. The highest BCUT2D eigenvalue weighted by Crippen LogP contribution is 2.25. The number of hydrogen-bond acceptors (Lipinski definition) is 5. The summed E-state index contributed by atoms with van der Waals surface area (Å²) in [5.41, 5.74) is 4.73. The zero-order valence-corrected chi connectivity index (χ0v) is 21.0. The number of ether oxygens (including phenoxy) is 3. The quantitative estimate of drug-likeness (QED) is 0.220. The van der Waals surface area contributed by atoms with Gasteiger partial charge in [-0.05, 0) is 54.8 Å². The number of para-hydroxylation sites is 1. The first kappa shape index (κ1) is 25.3. The molecule has 3 aromatic carbocycles. The average molecular weight is 525 g/mol. The van der Waals surface area contributed by atoms with Crippen LogP contribution in [0.15, 0.2) is 76.3 Å². The fraction of sp³-hybridized carbons (Fsp3) is 0.259. The van der Waals surface area contributed by atoms with Crippen molar-refractivity contribution in [1.29, 1.82) is 0 Å². The van der Waals surface area contributed by atoms with Gasteiger partial charge in [-0.15, -0.1) is 0 Å². The zero-order chi connectivity index (χ0) is 24.2. The van der Waals surface area contributed by atoms with Crippen LogP contribution >= 0.6 is 15.9 Å². The van der Waals surface area contributed by atoms with E-state index in [-0.39, 0.29) is 5.91 Å². The number of hydrazone groups is 1. The van der Waals surface area contributed by atoms with Crippen molar-refractivity contribution in [3.63, 3.8) is 0 Å². The molecule has 0 aromatic heterocycles. The van der Waals surface area contributed by atoms with Crippen molar-refractivity contribution >= 4 is 28.1 Å². The topological polar surface area (TPSA) is 69.2 Å². The lowest BCUT2D eigenvalue weighted by Gasteiger charge is -2.12. The molecule has 0 atom stereocenters. The minimum absolute atomic E-state index is 0.345. The third kappa shape index (κ3) is 7.63. The third-order valence-electron chi connectivity index (χ3n) is 4.70. The smallest absolute Gasteiger partial charge is 0.275 e. The summed E-state index contributed by atoms with van der Waals surface area (Å²) in [6.45, 7) is 5.66. The lowest BCUT2D eigenvalue weighted by atomic mass is 10.2. The van der Waals surface area contributed by atoms with Crippen LogP contribution in [0.3, 0.4) is 0 Å². The van der Waals surface area contributed by atoms with Gasteiger partial charge in [0.25, 0.3) is 5.91 Å². The van der Waals surface area contributed by atoms with Crippen LogP contribution in [0.5, 0.6) is 17.2 Å². The molecule has 0 aliphatic carbocycles. The molecule has 1 N–H and O–H groups in total. The maximum absolute atomic E-state index is 12.8. The summed E-state index contributed by atoms with van der Waals surface area (Å²) in [4.78, 5) is 12.8. The standard InChI is InChI=1S/C27H29BrN2O4/c1-3-14-32-23-13-12-21(26(17-23)33-15-4-2)18-29-30-27(31)24-10-5-6-11-25(24)34-19-20-8-7-9-22(28)16-20/h5-13,16-18H,3-4,14-15,19H2,1-2H3,(H,30,31)/b29-18+. The zero-order valence-electron chi connectivity index (χ0n) is 19.4. The summed E-state index contributed by atoms with van der Waals surface area (Å²) in [6, 6.07) is 20.5. The van der Waals surface area contributed by atoms with E-state index >= 15 is 0 Å². The summed E-state index contributed by atoms with van der Waals surface area (Å²) in [5, 5.41) is 4.14. The average Bonchev–Trinajstić information content (AvgIpc) is 2.86. The minimum atomic E-state index is -0.361. The molecule has 6 nitrogen and oxygen atoms in total. The van der Waals surface area contributed by atoms with Gasteiger partial charge in [0, 0.05) is 16.1 Å². The van der Waals surface area contributed by atoms with E-state index in [0.29, 0.717) is 36.9 Å². The molecule has 3 aromatic rings. The largest absolute Gasteiger partial charge is 0.493 e. The highest BCUT2D eigenvalue weighted by molar-refractivity contribution is 9.10. The molecule has 0 spiro atoms. The second-order valence-corrected chi connectivity index (χ2v) is 8.43. The van der Waals surface area contributed by atoms with Crippen LogP contribution in [0.4, 0.5) is 0 Å². The second kappa shape index (κ2) is 13.4. The Morgan fingerprint density at radius 1 is 0.912 bits per heavy atom. The molecule has 7 heteroatoms. The van der Waals surface area contributed by atoms with E-state index in [0.717, 1.165) is 34.2 Å². The highest BCUT2D eigenvalue weighted by Gasteiger charge is 2.12. The molecule has 0 saturated carbocycles. The number of nitrogens with zero attached hydrogens (tertiary/aromatic N) is 1. The molecule has 34 heavy (non-hydrogen) atoms. The Kier molecular flexibility index (Phi) is 9.98. The first-order chi connectivity index (χ1) is 16.6. The molecule has 0 radical (unpaired) electrons. The van der Waals surface area contributed by atoms with Gasteiger partial charge in [0.2, 0.25) is 0 Å². The number of hydrogen-bond donors (Lipinski definition) is 1. The van der Waals surface area contributed by atoms with Crippen molar-refractivity contribution in [3.8, 4) is 17.2 Å². The highest BCUT2D eigenvalue weighted by atomic mass is 79.9. The van der Waals surface area contributed by atoms with Crippen LogP contribution in [0.2, 0.25) is 0 Å². The minimum Gasteiger partial charge on any atom is -0.493 e.